The van der Waals surface area contributed by atoms with E-state index in [9.17, 15) is 8.42 Å². The van der Waals surface area contributed by atoms with Gasteiger partial charge < -0.3 is 4.74 Å². The molecular weight excluding hydrogens is 314 g/mol. The maximum atomic E-state index is 12.3. The van der Waals surface area contributed by atoms with Gasteiger partial charge in [0.2, 0.25) is 0 Å². The minimum Gasteiger partial charge on any atom is -0.497 e. The Kier molecular flexibility index (Phi) is 4.03. The molecule has 7 heteroatoms. The predicted octanol–water partition coefficient (Wildman–Crippen LogP) is 2.89. The second kappa shape index (κ2) is 6.13. The third-order valence-corrected chi connectivity index (χ3v) is 4.74. The number of H-pyrrole nitrogens is 1. The molecule has 3 aromatic rings. The van der Waals surface area contributed by atoms with Crippen LogP contribution in [0.3, 0.4) is 0 Å². The first-order valence-corrected chi connectivity index (χ1v) is 8.33. The molecule has 1 aromatic heterocycles. The second-order valence-electron chi connectivity index (χ2n) is 4.85. The number of aromatic amines is 1. The van der Waals surface area contributed by atoms with Gasteiger partial charge >= 0.3 is 0 Å². The first-order chi connectivity index (χ1) is 11.1. The lowest BCUT2D eigenvalue weighted by molar-refractivity contribution is 0.414. The first kappa shape index (κ1) is 15.1. The van der Waals surface area contributed by atoms with Crippen molar-refractivity contribution in [3.05, 3.63) is 60.9 Å². The summed E-state index contributed by atoms with van der Waals surface area (Å²) in [4.78, 5) is 0.178. The van der Waals surface area contributed by atoms with Gasteiger partial charge in [0.15, 0.2) is 0 Å². The Morgan fingerprint density at radius 3 is 2.26 bits per heavy atom. The lowest BCUT2D eigenvalue weighted by Crippen LogP contribution is -2.12. The van der Waals surface area contributed by atoms with Crippen molar-refractivity contribution in [3.63, 3.8) is 0 Å². The van der Waals surface area contributed by atoms with Crippen molar-refractivity contribution in [2.45, 2.75) is 4.90 Å². The average molecular weight is 329 g/mol. The molecule has 0 fully saturated rings. The zero-order valence-electron chi connectivity index (χ0n) is 12.4. The highest BCUT2D eigenvalue weighted by Gasteiger charge is 2.14. The Morgan fingerprint density at radius 1 is 1.00 bits per heavy atom. The Labute approximate surface area is 134 Å². The highest BCUT2D eigenvalue weighted by Crippen LogP contribution is 2.22. The van der Waals surface area contributed by atoms with Crippen molar-refractivity contribution in [2.24, 2.45) is 0 Å². The van der Waals surface area contributed by atoms with Crippen LogP contribution in [0, 0.1) is 0 Å². The fraction of sp³-hybridized carbons (Fsp3) is 0.0625. The number of anilines is 1. The predicted molar refractivity (Wildman–Crippen MR) is 87.8 cm³/mol. The van der Waals surface area contributed by atoms with E-state index < -0.39 is 10.0 Å². The molecule has 6 nitrogen and oxygen atoms in total. The number of ether oxygens (including phenoxy) is 1. The van der Waals surface area contributed by atoms with Crippen molar-refractivity contribution in [1.82, 2.24) is 10.2 Å². The molecule has 0 radical (unpaired) electrons. The maximum Gasteiger partial charge on any atom is 0.261 e. The van der Waals surface area contributed by atoms with Gasteiger partial charge in [-0.1, -0.05) is 12.1 Å². The first-order valence-electron chi connectivity index (χ1n) is 6.84. The number of hydrogen-bond donors (Lipinski definition) is 2. The van der Waals surface area contributed by atoms with E-state index >= 15 is 0 Å². The van der Waals surface area contributed by atoms with Crippen LogP contribution in [0.15, 0.2) is 65.8 Å². The zero-order chi connectivity index (χ0) is 16.3. The van der Waals surface area contributed by atoms with Crippen LogP contribution in [0.25, 0.3) is 11.1 Å². The monoisotopic (exact) mass is 329 g/mol. The molecule has 0 aliphatic carbocycles. The molecule has 0 aliphatic rings. The van der Waals surface area contributed by atoms with Crippen LogP contribution in [0.2, 0.25) is 0 Å². The standard InChI is InChI=1S/C16H15N3O3S/c1-22-15-6-8-16(9-7-15)23(20,21)19-14-4-2-12(3-5-14)13-10-17-18-11-13/h2-11,19H,1H3,(H,17,18). The summed E-state index contributed by atoms with van der Waals surface area (Å²) in [6.07, 6.45) is 3.48. The third-order valence-electron chi connectivity index (χ3n) is 3.34. The molecule has 0 atom stereocenters. The minimum absolute atomic E-state index is 0.178. The molecule has 118 valence electrons. The van der Waals surface area contributed by atoms with Crippen LogP contribution in [0.4, 0.5) is 5.69 Å². The summed E-state index contributed by atoms with van der Waals surface area (Å²) >= 11 is 0. The van der Waals surface area contributed by atoms with E-state index in [1.807, 2.05) is 12.1 Å². The van der Waals surface area contributed by atoms with Crippen LogP contribution < -0.4 is 9.46 Å². The summed E-state index contributed by atoms with van der Waals surface area (Å²) in [6, 6.07) is 13.3. The Balaban J connectivity index is 1.79. The van der Waals surface area contributed by atoms with Gasteiger partial charge in [0, 0.05) is 17.4 Å². The number of nitrogens with one attached hydrogen (secondary N) is 2. The largest absolute Gasteiger partial charge is 0.497 e. The molecule has 0 spiro atoms. The maximum absolute atomic E-state index is 12.3. The van der Waals surface area contributed by atoms with Gasteiger partial charge in [0.05, 0.1) is 18.2 Å². The van der Waals surface area contributed by atoms with Crippen molar-refractivity contribution >= 4 is 15.7 Å². The van der Waals surface area contributed by atoms with Crippen molar-refractivity contribution in [1.29, 1.82) is 0 Å². The van der Waals surface area contributed by atoms with E-state index in [4.69, 9.17) is 4.74 Å². The summed E-state index contributed by atoms with van der Waals surface area (Å²) in [5.41, 5.74) is 2.38. The molecule has 0 saturated carbocycles. The van der Waals surface area contributed by atoms with Gasteiger partial charge in [-0.05, 0) is 42.0 Å². The molecule has 2 N–H and O–H groups in total. The van der Waals surface area contributed by atoms with E-state index in [0.717, 1.165) is 11.1 Å². The van der Waals surface area contributed by atoms with Crippen LogP contribution in [0.1, 0.15) is 0 Å². The number of rotatable bonds is 5. The van der Waals surface area contributed by atoms with E-state index in [1.54, 1.807) is 36.7 Å². The average Bonchev–Trinajstić information content (AvgIpc) is 3.10. The highest BCUT2D eigenvalue weighted by molar-refractivity contribution is 7.92. The van der Waals surface area contributed by atoms with Crippen LogP contribution in [0.5, 0.6) is 5.75 Å². The third kappa shape index (κ3) is 3.35. The molecule has 0 aliphatic heterocycles. The van der Waals surface area contributed by atoms with E-state index in [1.165, 1.54) is 19.2 Å². The fourth-order valence-corrected chi connectivity index (χ4v) is 3.17. The number of nitrogens with zero attached hydrogens (tertiary/aromatic N) is 1. The fourth-order valence-electron chi connectivity index (χ4n) is 2.11. The molecule has 0 saturated heterocycles. The molecule has 2 aromatic carbocycles. The topological polar surface area (TPSA) is 84.1 Å². The van der Waals surface area contributed by atoms with Gasteiger partial charge in [-0.15, -0.1) is 0 Å². The van der Waals surface area contributed by atoms with Gasteiger partial charge in [0.1, 0.15) is 5.75 Å². The minimum atomic E-state index is -3.63. The van der Waals surface area contributed by atoms with E-state index in [2.05, 4.69) is 14.9 Å². The lowest BCUT2D eigenvalue weighted by atomic mass is 10.1. The van der Waals surface area contributed by atoms with Crippen LogP contribution in [-0.2, 0) is 10.0 Å². The number of sulfonamides is 1. The van der Waals surface area contributed by atoms with Crippen LogP contribution >= 0.6 is 0 Å². The molecule has 0 unspecified atom stereocenters. The lowest BCUT2D eigenvalue weighted by Gasteiger charge is -2.09. The summed E-state index contributed by atoms with van der Waals surface area (Å²) in [7, 11) is -2.10. The SMILES string of the molecule is COc1ccc(S(=O)(=O)Nc2ccc(-c3cn[nH]c3)cc2)cc1. The summed E-state index contributed by atoms with van der Waals surface area (Å²) in [6.45, 7) is 0. The summed E-state index contributed by atoms with van der Waals surface area (Å²) < 4.78 is 32.3. The van der Waals surface area contributed by atoms with E-state index in [0.29, 0.717) is 11.4 Å². The van der Waals surface area contributed by atoms with Gasteiger partial charge in [-0.25, -0.2) is 8.42 Å². The van der Waals surface area contributed by atoms with Gasteiger partial charge in [-0.3, -0.25) is 9.82 Å². The van der Waals surface area contributed by atoms with Crippen molar-refractivity contribution < 1.29 is 13.2 Å². The van der Waals surface area contributed by atoms with Gasteiger partial charge in [0.25, 0.3) is 10.0 Å². The Morgan fingerprint density at radius 2 is 1.70 bits per heavy atom. The molecule has 3 rings (SSSR count). The Hall–Kier alpha value is -2.80. The molecule has 0 amide bonds. The van der Waals surface area contributed by atoms with Gasteiger partial charge in [-0.2, -0.15) is 5.10 Å². The van der Waals surface area contributed by atoms with E-state index in [-0.39, 0.29) is 4.90 Å². The molecular formula is C16H15N3O3S. The smallest absolute Gasteiger partial charge is 0.261 e. The summed E-state index contributed by atoms with van der Waals surface area (Å²) in [5, 5.41) is 6.63. The Bertz CT molecular complexity index is 871. The van der Waals surface area contributed by atoms with Crippen molar-refractivity contribution in [3.8, 4) is 16.9 Å². The number of hydrogen-bond acceptors (Lipinski definition) is 4. The summed E-state index contributed by atoms with van der Waals surface area (Å²) in [5.74, 6) is 0.605. The zero-order valence-corrected chi connectivity index (χ0v) is 13.2. The second-order valence-corrected chi connectivity index (χ2v) is 6.53. The van der Waals surface area contributed by atoms with Crippen LogP contribution in [-0.4, -0.2) is 25.7 Å². The number of aromatic nitrogens is 2. The normalized spacial score (nSPS) is 11.2. The quantitative estimate of drug-likeness (QED) is 0.754. The van der Waals surface area contributed by atoms with Crippen molar-refractivity contribution in [2.75, 3.05) is 11.8 Å². The molecule has 1 heterocycles. The molecule has 0 bridgehead atoms. The molecule has 23 heavy (non-hydrogen) atoms. The number of methoxy groups -OCH3 is 1. The highest BCUT2D eigenvalue weighted by atomic mass is 32.2. The number of benzene rings is 2.